The van der Waals surface area contributed by atoms with Gasteiger partial charge in [0.2, 0.25) is 0 Å². The van der Waals surface area contributed by atoms with Gasteiger partial charge < -0.3 is 5.11 Å². The van der Waals surface area contributed by atoms with Gasteiger partial charge in [-0.3, -0.25) is 4.79 Å². The SMILES string of the molecule is CC(C)(C)CCCCCCC(=O)O.CC/C=C/C1C(C)=CCC(C)C1(C)C. The maximum absolute atomic E-state index is 10.2. The largest absolute Gasteiger partial charge is 0.481 e. The fourth-order valence-corrected chi connectivity index (χ4v) is 3.64. The quantitative estimate of drug-likeness (QED) is 0.343. The van der Waals surface area contributed by atoms with E-state index in [1.54, 1.807) is 5.57 Å². The molecular formula is C25H46O2. The Kier molecular flexibility index (Phi) is 11.9. The summed E-state index contributed by atoms with van der Waals surface area (Å²) >= 11 is 0. The smallest absolute Gasteiger partial charge is 0.303 e. The minimum absolute atomic E-state index is 0.329. The second-order valence-electron chi connectivity index (χ2n) is 10.1. The number of carboxylic acid groups (broad SMARTS) is 1. The summed E-state index contributed by atoms with van der Waals surface area (Å²) in [6, 6.07) is 0. The molecule has 1 rings (SSSR count). The van der Waals surface area contributed by atoms with E-state index in [2.05, 4.69) is 73.6 Å². The Balaban J connectivity index is 0.000000503. The summed E-state index contributed by atoms with van der Waals surface area (Å²) in [5.41, 5.74) is 2.40. The summed E-state index contributed by atoms with van der Waals surface area (Å²) in [4.78, 5) is 10.2. The molecule has 2 unspecified atom stereocenters. The number of carboxylic acids is 1. The van der Waals surface area contributed by atoms with Gasteiger partial charge >= 0.3 is 5.97 Å². The summed E-state index contributed by atoms with van der Waals surface area (Å²) in [7, 11) is 0. The number of aliphatic carboxylic acids is 1. The van der Waals surface area contributed by atoms with Crippen LogP contribution in [0.25, 0.3) is 0 Å². The van der Waals surface area contributed by atoms with Crippen molar-refractivity contribution in [2.75, 3.05) is 0 Å². The molecule has 0 radical (unpaired) electrons. The molecule has 0 heterocycles. The molecule has 0 aromatic heterocycles. The lowest BCUT2D eigenvalue weighted by Crippen LogP contribution is -2.33. The molecule has 158 valence electrons. The van der Waals surface area contributed by atoms with E-state index in [9.17, 15) is 4.79 Å². The first-order valence-electron chi connectivity index (χ1n) is 11.0. The summed E-state index contributed by atoms with van der Waals surface area (Å²) in [6.07, 6.45) is 15.4. The van der Waals surface area contributed by atoms with E-state index in [0.29, 0.717) is 23.2 Å². The van der Waals surface area contributed by atoms with E-state index in [1.165, 1.54) is 25.7 Å². The van der Waals surface area contributed by atoms with Crippen LogP contribution in [0.5, 0.6) is 0 Å². The summed E-state index contributed by atoms with van der Waals surface area (Å²) in [5.74, 6) is 0.764. The normalized spacial score (nSPS) is 22.1. The molecule has 27 heavy (non-hydrogen) atoms. The number of rotatable bonds is 8. The van der Waals surface area contributed by atoms with Crippen LogP contribution < -0.4 is 0 Å². The zero-order valence-corrected chi connectivity index (χ0v) is 19.4. The average molecular weight is 379 g/mol. The van der Waals surface area contributed by atoms with Gasteiger partial charge in [0.1, 0.15) is 0 Å². The van der Waals surface area contributed by atoms with Crippen LogP contribution in [-0.2, 0) is 4.79 Å². The highest BCUT2D eigenvalue weighted by Gasteiger charge is 2.36. The van der Waals surface area contributed by atoms with Crippen LogP contribution in [-0.4, -0.2) is 11.1 Å². The van der Waals surface area contributed by atoms with Crippen molar-refractivity contribution in [2.24, 2.45) is 22.7 Å². The van der Waals surface area contributed by atoms with Gasteiger partial charge in [-0.05, 0) is 49.4 Å². The lowest BCUT2D eigenvalue weighted by molar-refractivity contribution is -0.137. The van der Waals surface area contributed by atoms with Crippen LogP contribution in [0.1, 0.15) is 107 Å². The van der Waals surface area contributed by atoms with Gasteiger partial charge in [-0.1, -0.05) is 91.5 Å². The molecule has 0 amide bonds. The third kappa shape index (κ3) is 11.4. The maximum atomic E-state index is 10.2. The van der Waals surface area contributed by atoms with Gasteiger partial charge in [-0.25, -0.2) is 0 Å². The van der Waals surface area contributed by atoms with Crippen molar-refractivity contribution in [3.63, 3.8) is 0 Å². The molecule has 0 bridgehead atoms. The van der Waals surface area contributed by atoms with E-state index in [4.69, 9.17) is 5.11 Å². The molecule has 0 saturated carbocycles. The highest BCUT2D eigenvalue weighted by Crippen LogP contribution is 2.45. The van der Waals surface area contributed by atoms with E-state index in [-0.39, 0.29) is 0 Å². The van der Waals surface area contributed by atoms with E-state index in [0.717, 1.165) is 25.2 Å². The average Bonchev–Trinajstić information content (AvgIpc) is 2.54. The van der Waals surface area contributed by atoms with Crippen molar-refractivity contribution >= 4 is 5.97 Å². The zero-order valence-electron chi connectivity index (χ0n) is 19.4. The molecular weight excluding hydrogens is 332 g/mol. The summed E-state index contributed by atoms with van der Waals surface area (Å²) < 4.78 is 0. The van der Waals surface area contributed by atoms with Crippen LogP contribution in [0.4, 0.5) is 0 Å². The number of hydrogen-bond donors (Lipinski definition) is 1. The zero-order chi connectivity index (χ0) is 21.1. The predicted molar refractivity (Wildman–Crippen MR) is 119 cm³/mol. The maximum Gasteiger partial charge on any atom is 0.303 e. The first-order chi connectivity index (χ1) is 12.4. The van der Waals surface area contributed by atoms with Crippen molar-refractivity contribution in [2.45, 2.75) is 107 Å². The molecule has 0 spiro atoms. The number of carbonyl (C=O) groups is 1. The Bertz CT molecular complexity index is 477. The van der Waals surface area contributed by atoms with Gasteiger partial charge in [-0.15, -0.1) is 0 Å². The molecule has 0 aromatic carbocycles. The molecule has 1 N–H and O–H groups in total. The lowest BCUT2D eigenvalue weighted by atomic mass is 9.63. The fraction of sp³-hybridized carbons (Fsp3) is 0.800. The Morgan fingerprint density at radius 1 is 1.22 bits per heavy atom. The van der Waals surface area contributed by atoms with Crippen molar-refractivity contribution < 1.29 is 9.90 Å². The van der Waals surface area contributed by atoms with Gasteiger partial charge in [0.15, 0.2) is 0 Å². The lowest BCUT2D eigenvalue weighted by Gasteiger charge is -2.42. The van der Waals surface area contributed by atoms with Crippen LogP contribution >= 0.6 is 0 Å². The Morgan fingerprint density at radius 3 is 2.33 bits per heavy atom. The van der Waals surface area contributed by atoms with Crippen LogP contribution in [0, 0.1) is 22.7 Å². The number of unbranched alkanes of at least 4 members (excludes halogenated alkanes) is 3. The Labute approximate surface area is 169 Å². The molecule has 2 atom stereocenters. The minimum Gasteiger partial charge on any atom is -0.481 e. The number of allylic oxidation sites excluding steroid dienone is 4. The van der Waals surface area contributed by atoms with Crippen molar-refractivity contribution in [3.05, 3.63) is 23.8 Å². The third-order valence-electron chi connectivity index (χ3n) is 5.99. The van der Waals surface area contributed by atoms with Crippen molar-refractivity contribution in [1.29, 1.82) is 0 Å². The molecule has 0 saturated heterocycles. The molecule has 2 heteroatoms. The van der Waals surface area contributed by atoms with E-state index >= 15 is 0 Å². The third-order valence-corrected chi connectivity index (χ3v) is 5.99. The summed E-state index contributed by atoms with van der Waals surface area (Å²) in [5, 5.41) is 8.40. The Hall–Kier alpha value is -1.05. The standard InChI is InChI=1S/C14H24.C11H22O2/c1-6-7-8-13-11(2)9-10-12(3)14(13,4)5;1-11(2,3)9-7-5-4-6-8-10(12)13/h7-9,12-13H,6,10H2,1-5H3;4-9H2,1-3H3,(H,12,13)/b8-7+;. The summed E-state index contributed by atoms with van der Waals surface area (Å²) in [6.45, 7) is 18.4. The monoisotopic (exact) mass is 378 g/mol. The van der Waals surface area contributed by atoms with E-state index in [1.807, 2.05) is 0 Å². The topological polar surface area (TPSA) is 37.3 Å². The first-order valence-corrected chi connectivity index (χ1v) is 11.0. The van der Waals surface area contributed by atoms with Crippen LogP contribution in [0.3, 0.4) is 0 Å². The molecule has 0 aliphatic heterocycles. The first kappa shape index (κ1) is 26.0. The Morgan fingerprint density at radius 2 is 1.81 bits per heavy atom. The van der Waals surface area contributed by atoms with E-state index < -0.39 is 5.97 Å². The molecule has 0 aromatic rings. The second-order valence-corrected chi connectivity index (χ2v) is 10.1. The fourth-order valence-electron chi connectivity index (χ4n) is 3.64. The van der Waals surface area contributed by atoms with Gasteiger partial charge in [0.05, 0.1) is 0 Å². The van der Waals surface area contributed by atoms with Gasteiger partial charge in [0, 0.05) is 12.3 Å². The van der Waals surface area contributed by atoms with Crippen molar-refractivity contribution in [3.8, 4) is 0 Å². The van der Waals surface area contributed by atoms with Crippen LogP contribution in [0.2, 0.25) is 0 Å². The van der Waals surface area contributed by atoms with Gasteiger partial charge in [0.25, 0.3) is 0 Å². The highest BCUT2D eigenvalue weighted by molar-refractivity contribution is 5.66. The second kappa shape index (κ2) is 12.4. The highest BCUT2D eigenvalue weighted by atomic mass is 16.4. The van der Waals surface area contributed by atoms with Gasteiger partial charge in [-0.2, -0.15) is 0 Å². The van der Waals surface area contributed by atoms with Crippen LogP contribution in [0.15, 0.2) is 23.8 Å². The molecule has 1 aliphatic rings. The number of hydrogen-bond acceptors (Lipinski definition) is 1. The van der Waals surface area contributed by atoms with Crippen molar-refractivity contribution in [1.82, 2.24) is 0 Å². The predicted octanol–water partition coefficient (Wildman–Crippen LogP) is 8.04. The molecule has 1 aliphatic carbocycles. The minimum atomic E-state index is -0.671. The molecule has 2 nitrogen and oxygen atoms in total. The molecule has 0 fully saturated rings.